The van der Waals surface area contributed by atoms with E-state index in [9.17, 15) is 0 Å². The number of thioether (sulfide) groups is 1. The Morgan fingerprint density at radius 3 is 2.57 bits per heavy atom. The van der Waals surface area contributed by atoms with Gasteiger partial charge in [-0.25, -0.2) is 4.68 Å². The van der Waals surface area contributed by atoms with E-state index in [0.717, 1.165) is 17.9 Å². The second kappa shape index (κ2) is 6.50. The molecule has 3 nitrogen and oxygen atoms in total. The molecule has 0 aliphatic rings. The fourth-order valence-corrected chi connectivity index (χ4v) is 2.58. The molecule has 0 saturated carbocycles. The highest BCUT2D eigenvalue weighted by Gasteiger charge is 2.03. The topological polar surface area (TPSA) is 29.9 Å². The third-order valence-electron chi connectivity index (χ3n) is 3.30. The van der Waals surface area contributed by atoms with Crippen molar-refractivity contribution in [1.29, 1.82) is 0 Å². The van der Waals surface area contributed by atoms with Crippen molar-refractivity contribution >= 4 is 17.4 Å². The minimum absolute atomic E-state index is 0.799. The number of hydrogen-bond acceptors (Lipinski definition) is 3. The summed E-state index contributed by atoms with van der Waals surface area (Å²) in [6, 6.07) is 18.8. The van der Waals surface area contributed by atoms with Crippen LogP contribution in [0.4, 0.5) is 5.69 Å². The Balaban J connectivity index is 1.76. The Morgan fingerprint density at radius 1 is 1.05 bits per heavy atom. The Hall–Kier alpha value is -2.20. The maximum Gasteiger partial charge on any atom is 0.0876 e. The van der Waals surface area contributed by atoms with Crippen molar-refractivity contribution in [2.75, 3.05) is 11.6 Å². The maximum atomic E-state index is 4.30. The van der Waals surface area contributed by atoms with Gasteiger partial charge in [0.25, 0.3) is 0 Å². The smallest absolute Gasteiger partial charge is 0.0876 e. The molecule has 1 heterocycles. The average Bonchev–Trinajstić information content (AvgIpc) is 3.08. The van der Waals surface area contributed by atoms with E-state index < -0.39 is 0 Å². The molecule has 0 atom stereocenters. The van der Waals surface area contributed by atoms with Gasteiger partial charge in [0.2, 0.25) is 0 Å². The highest BCUT2D eigenvalue weighted by atomic mass is 32.2. The van der Waals surface area contributed by atoms with Crippen molar-refractivity contribution in [2.45, 2.75) is 11.4 Å². The first-order valence-electron chi connectivity index (χ1n) is 6.82. The first kappa shape index (κ1) is 13.8. The molecule has 0 fully saturated rings. The van der Waals surface area contributed by atoms with E-state index in [1.165, 1.54) is 10.5 Å². The zero-order valence-electron chi connectivity index (χ0n) is 11.9. The Labute approximate surface area is 129 Å². The summed E-state index contributed by atoms with van der Waals surface area (Å²) in [5.74, 6) is 0. The summed E-state index contributed by atoms with van der Waals surface area (Å²) < 4.78 is 1.87. The lowest BCUT2D eigenvalue weighted by molar-refractivity contribution is 0.879. The quantitative estimate of drug-likeness (QED) is 0.715. The molecule has 106 valence electrons. The van der Waals surface area contributed by atoms with Crippen LogP contribution in [-0.4, -0.2) is 16.0 Å². The molecular weight excluding hydrogens is 278 g/mol. The first-order chi connectivity index (χ1) is 10.4. The molecule has 2 aromatic carbocycles. The standard InChI is InChI=1S/C17H17N3S/c1-21-15-9-7-14(8-10-15)13-18-16-5-2-3-6-17(16)20-12-4-11-19-20/h2-12,18H,13H2,1H3. The Kier molecular flexibility index (Phi) is 4.26. The molecule has 1 aromatic heterocycles. The zero-order valence-corrected chi connectivity index (χ0v) is 12.7. The highest BCUT2D eigenvalue weighted by molar-refractivity contribution is 7.98. The van der Waals surface area contributed by atoms with Crippen molar-refractivity contribution in [2.24, 2.45) is 0 Å². The summed E-state index contributed by atoms with van der Waals surface area (Å²) >= 11 is 1.76. The second-order valence-corrected chi connectivity index (χ2v) is 5.55. The van der Waals surface area contributed by atoms with E-state index in [2.05, 4.69) is 53.1 Å². The van der Waals surface area contributed by atoms with Crippen LogP contribution in [0, 0.1) is 0 Å². The van der Waals surface area contributed by atoms with Crippen LogP contribution in [0.3, 0.4) is 0 Å². The maximum absolute atomic E-state index is 4.30. The van der Waals surface area contributed by atoms with Gasteiger partial charge in [0.15, 0.2) is 0 Å². The normalized spacial score (nSPS) is 10.5. The van der Waals surface area contributed by atoms with Gasteiger partial charge in [-0.05, 0) is 42.2 Å². The minimum Gasteiger partial charge on any atom is -0.379 e. The summed E-state index contributed by atoms with van der Waals surface area (Å²) in [6.07, 6.45) is 5.83. The summed E-state index contributed by atoms with van der Waals surface area (Å²) in [5, 5.41) is 7.79. The van der Waals surface area contributed by atoms with Crippen LogP contribution in [0.1, 0.15) is 5.56 Å². The molecule has 0 bridgehead atoms. The number of aromatic nitrogens is 2. The SMILES string of the molecule is CSc1ccc(CNc2ccccc2-n2cccn2)cc1. The number of anilines is 1. The largest absolute Gasteiger partial charge is 0.379 e. The number of nitrogens with zero attached hydrogens (tertiary/aromatic N) is 2. The van der Waals surface area contributed by atoms with Crippen LogP contribution >= 0.6 is 11.8 Å². The van der Waals surface area contributed by atoms with Gasteiger partial charge < -0.3 is 5.32 Å². The molecule has 3 aromatic rings. The molecule has 1 N–H and O–H groups in total. The van der Waals surface area contributed by atoms with Crippen LogP contribution in [0.15, 0.2) is 71.9 Å². The summed E-state index contributed by atoms with van der Waals surface area (Å²) in [6.45, 7) is 0.799. The predicted molar refractivity (Wildman–Crippen MR) is 89.1 cm³/mol. The molecule has 0 aliphatic heterocycles. The fourth-order valence-electron chi connectivity index (χ4n) is 2.17. The van der Waals surface area contributed by atoms with E-state index in [-0.39, 0.29) is 0 Å². The van der Waals surface area contributed by atoms with Crippen LogP contribution in [-0.2, 0) is 6.54 Å². The molecule has 3 rings (SSSR count). The van der Waals surface area contributed by atoms with Crippen LogP contribution < -0.4 is 5.32 Å². The van der Waals surface area contributed by atoms with E-state index >= 15 is 0 Å². The van der Waals surface area contributed by atoms with E-state index in [0.29, 0.717) is 0 Å². The number of rotatable bonds is 5. The lowest BCUT2D eigenvalue weighted by Crippen LogP contribution is -2.04. The summed E-state index contributed by atoms with van der Waals surface area (Å²) in [5.41, 5.74) is 3.40. The van der Waals surface area contributed by atoms with E-state index in [1.54, 1.807) is 18.0 Å². The van der Waals surface area contributed by atoms with Crippen molar-refractivity contribution in [3.8, 4) is 5.69 Å². The number of nitrogens with one attached hydrogen (secondary N) is 1. The molecule has 21 heavy (non-hydrogen) atoms. The lowest BCUT2D eigenvalue weighted by Gasteiger charge is -2.12. The number of benzene rings is 2. The van der Waals surface area contributed by atoms with Crippen molar-refractivity contribution in [1.82, 2.24) is 9.78 Å². The Bertz CT molecular complexity index is 690. The van der Waals surface area contributed by atoms with Gasteiger partial charge in [-0.15, -0.1) is 11.8 Å². The third-order valence-corrected chi connectivity index (χ3v) is 4.04. The van der Waals surface area contributed by atoms with Crippen molar-refractivity contribution < 1.29 is 0 Å². The second-order valence-electron chi connectivity index (χ2n) is 4.67. The van der Waals surface area contributed by atoms with Crippen molar-refractivity contribution in [3.63, 3.8) is 0 Å². The van der Waals surface area contributed by atoms with E-state index in [4.69, 9.17) is 0 Å². The van der Waals surface area contributed by atoms with Gasteiger partial charge >= 0.3 is 0 Å². The van der Waals surface area contributed by atoms with Gasteiger partial charge in [0.05, 0.1) is 11.4 Å². The molecule has 0 saturated heterocycles. The number of hydrogen-bond donors (Lipinski definition) is 1. The molecule has 0 aliphatic carbocycles. The van der Waals surface area contributed by atoms with Gasteiger partial charge in [0, 0.05) is 23.8 Å². The lowest BCUT2D eigenvalue weighted by atomic mass is 10.2. The van der Waals surface area contributed by atoms with Gasteiger partial charge in [-0.2, -0.15) is 5.10 Å². The molecular formula is C17H17N3S. The molecule has 0 unspecified atom stereocenters. The molecule has 4 heteroatoms. The molecule has 0 spiro atoms. The average molecular weight is 295 g/mol. The Morgan fingerprint density at radius 2 is 1.86 bits per heavy atom. The van der Waals surface area contributed by atoms with E-state index in [1.807, 2.05) is 29.1 Å². The number of para-hydroxylation sites is 2. The highest BCUT2D eigenvalue weighted by Crippen LogP contribution is 2.20. The molecule has 0 radical (unpaired) electrons. The first-order valence-corrected chi connectivity index (χ1v) is 8.05. The summed E-state index contributed by atoms with van der Waals surface area (Å²) in [7, 11) is 0. The molecule has 0 amide bonds. The van der Waals surface area contributed by atoms with Gasteiger partial charge in [-0.1, -0.05) is 24.3 Å². The fraction of sp³-hybridized carbons (Fsp3) is 0.118. The van der Waals surface area contributed by atoms with Crippen LogP contribution in [0.2, 0.25) is 0 Å². The van der Waals surface area contributed by atoms with Crippen LogP contribution in [0.25, 0.3) is 5.69 Å². The monoisotopic (exact) mass is 295 g/mol. The summed E-state index contributed by atoms with van der Waals surface area (Å²) in [4.78, 5) is 1.29. The minimum atomic E-state index is 0.799. The van der Waals surface area contributed by atoms with Crippen LogP contribution in [0.5, 0.6) is 0 Å². The third kappa shape index (κ3) is 3.28. The van der Waals surface area contributed by atoms with Gasteiger partial charge in [0.1, 0.15) is 0 Å². The predicted octanol–water partition coefficient (Wildman–Crippen LogP) is 4.21. The van der Waals surface area contributed by atoms with Gasteiger partial charge in [-0.3, -0.25) is 0 Å². The van der Waals surface area contributed by atoms with Crippen molar-refractivity contribution in [3.05, 3.63) is 72.6 Å². The zero-order chi connectivity index (χ0) is 14.5.